The van der Waals surface area contributed by atoms with Crippen molar-refractivity contribution >= 4 is 11.6 Å². The quantitative estimate of drug-likeness (QED) is 0.633. The van der Waals surface area contributed by atoms with Crippen molar-refractivity contribution in [3.05, 3.63) is 54.1 Å². The van der Waals surface area contributed by atoms with Crippen LogP contribution in [0.3, 0.4) is 0 Å². The van der Waals surface area contributed by atoms with Gasteiger partial charge in [-0.25, -0.2) is 0 Å². The van der Waals surface area contributed by atoms with Crippen LogP contribution in [0.2, 0.25) is 0 Å². The third-order valence-electron chi connectivity index (χ3n) is 5.77. The molecule has 1 amide bonds. The van der Waals surface area contributed by atoms with E-state index in [2.05, 4.69) is 22.3 Å². The number of rotatable bonds is 9. The Morgan fingerprint density at radius 3 is 2.39 bits per heavy atom. The van der Waals surface area contributed by atoms with Crippen LogP contribution in [0.1, 0.15) is 37.8 Å². The third-order valence-corrected chi connectivity index (χ3v) is 5.77. The lowest BCUT2D eigenvalue weighted by Gasteiger charge is -2.20. The van der Waals surface area contributed by atoms with Crippen molar-refractivity contribution in [2.24, 2.45) is 5.92 Å². The van der Waals surface area contributed by atoms with E-state index < -0.39 is 18.4 Å². The number of anilines is 1. The van der Waals surface area contributed by atoms with Gasteiger partial charge in [-0.05, 0) is 67.6 Å². The van der Waals surface area contributed by atoms with Gasteiger partial charge >= 0.3 is 6.43 Å². The van der Waals surface area contributed by atoms with Crippen molar-refractivity contribution in [2.75, 3.05) is 24.6 Å². The molecule has 4 rings (SSSR count). The highest BCUT2D eigenvalue weighted by molar-refractivity contribution is 5.79. The molecule has 2 aliphatic rings. The molecular weight excluding hydrogens is 402 g/mol. The number of hydrogen-bond donors (Lipinski definition) is 1. The highest BCUT2D eigenvalue weighted by atomic mass is 19.3. The van der Waals surface area contributed by atoms with E-state index in [1.54, 1.807) is 19.1 Å². The first-order valence-corrected chi connectivity index (χ1v) is 10.8. The van der Waals surface area contributed by atoms with E-state index in [1.807, 2.05) is 24.3 Å². The fraction of sp³-hybridized carbons (Fsp3) is 0.458. The van der Waals surface area contributed by atoms with Crippen LogP contribution in [0.25, 0.3) is 0 Å². The molecule has 0 bridgehead atoms. The zero-order valence-electron chi connectivity index (χ0n) is 17.6. The van der Waals surface area contributed by atoms with Crippen LogP contribution in [0.4, 0.5) is 14.5 Å². The van der Waals surface area contributed by atoms with Crippen LogP contribution in [0, 0.1) is 5.92 Å². The SMILES string of the molecule is C[C@H](NC(=O)C(F)F)c1ccc(O[C@@H]2CCN(c3ccc(OCC4CC4)cc3)C2)cc1. The number of alkyl halides is 2. The predicted octanol–water partition coefficient (Wildman–Crippen LogP) is 4.58. The monoisotopic (exact) mass is 430 g/mol. The lowest BCUT2D eigenvalue weighted by Crippen LogP contribution is -2.31. The van der Waals surface area contributed by atoms with Gasteiger partial charge in [-0.3, -0.25) is 4.79 Å². The first-order chi connectivity index (χ1) is 15.0. The molecular formula is C24H28F2N2O3. The van der Waals surface area contributed by atoms with E-state index in [1.165, 1.54) is 12.8 Å². The summed E-state index contributed by atoms with van der Waals surface area (Å²) in [4.78, 5) is 13.5. The number of carbonyl (C=O) groups excluding carboxylic acids is 1. The Kier molecular flexibility index (Phi) is 6.59. The largest absolute Gasteiger partial charge is 0.493 e. The number of carbonyl (C=O) groups is 1. The molecule has 0 spiro atoms. The van der Waals surface area contributed by atoms with Crippen molar-refractivity contribution in [3.8, 4) is 11.5 Å². The van der Waals surface area contributed by atoms with Crippen LogP contribution in [-0.2, 0) is 4.79 Å². The summed E-state index contributed by atoms with van der Waals surface area (Å²) in [6.07, 6.45) is 0.548. The molecule has 31 heavy (non-hydrogen) atoms. The molecule has 0 radical (unpaired) electrons. The number of ether oxygens (including phenoxy) is 2. The molecule has 1 heterocycles. The highest BCUT2D eigenvalue weighted by Crippen LogP contribution is 2.30. The molecule has 1 saturated heterocycles. The molecule has 1 saturated carbocycles. The molecule has 5 nitrogen and oxygen atoms in total. The molecule has 2 aromatic carbocycles. The second-order valence-corrected chi connectivity index (χ2v) is 8.32. The summed E-state index contributed by atoms with van der Waals surface area (Å²) < 4.78 is 36.7. The maximum absolute atomic E-state index is 12.4. The van der Waals surface area contributed by atoms with Gasteiger partial charge in [-0.1, -0.05) is 12.1 Å². The zero-order valence-corrected chi connectivity index (χ0v) is 17.6. The number of benzene rings is 2. The smallest absolute Gasteiger partial charge is 0.315 e. The minimum absolute atomic E-state index is 0.0765. The van der Waals surface area contributed by atoms with Gasteiger partial charge in [-0.2, -0.15) is 8.78 Å². The average molecular weight is 430 g/mol. The van der Waals surface area contributed by atoms with Gasteiger partial charge < -0.3 is 19.7 Å². The standard InChI is InChI=1S/C24H28F2N2O3/c1-16(27-24(29)23(25)26)18-4-8-21(9-5-18)31-22-12-13-28(14-22)19-6-10-20(11-7-19)30-15-17-2-3-17/h4-11,16-17,22-23H,2-3,12-15H2,1H3,(H,27,29)/t16-,22+/m0/s1. The minimum Gasteiger partial charge on any atom is -0.493 e. The Morgan fingerprint density at radius 2 is 1.74 bits per heavy atom. The Bertz CT molecular complexity index is 869. The zero-order chi connectivity index (χ0) is 21.8. The summed E-state index contributed by atoms with van der Waals surface area (Å²) in [5.74, 6) is 1.12. The summed E-state index contributed by atoms with van der Waals surface area (Å²) >= 11 is 0. The number of halogens is 2. The Balaban J connectivity index is 1.26. The van der Waals surface area contributed by atoms with Gasteiger partial charge in [0, 0.05) is 18.7 Å². The van der Waals surface area contributed by atoms with E-state index in [9.17, 15) is 13.6 Å². The second-order valence-electron chi connectivity index (χ2n) is 8.32. The molecule has 1 aliphatic carbocycles. The van der Waals surface area contributed by atoms with Gasteiger partial charge in [0.2, 0.25) is 0 Å². The molecule has 2 atom stereocenters. The predicted molar refractivity (Wildman–Crippen MR) is 115 cm³/mol. The molecule has 7 heteroatoms. The topological polar surface area (TPSA) is 50.8 Å². The lowest BCUT2D eigenvalue weighted by molar-refractivity contribution is -0.132. The lowest BCUT2D eigenvalue weighted by atomic mass is 10.1. The van der Waals surface area contributed by atoms with E-state index in [0.29, 0.717) is 0 Å². The van der Waals surface area contributed by atoms with Crippen molar-refractivity contribution in [1.82, 2.24) is 5.32 Å². The highest BCUT2D eigenvalue weighted by Gasteiger charge is 2.25. The van der Waals surface area contributed by atoms with Gasteiger partial charge in [0.05, 0.1) is 19.2 Å². The fourth-order valence-corrected chi connectivity index (χ4v) is 3.70. The maximum atomic E-state index is 12.4. The molecule has 166 valence electrons. The number of amides is 1. The first kappa shape index (κ1) is 21.4. The molecule has 1 N–H and O–H groups in total. The summed E-state index contributed by atoms with van der Waals surface area (Å²) in [7, 11) is 0. The summed E-state index contributed by atoms with van der Waals surface area (Å²) in [5.41, 5.74) is 1.90. The van der Waals surface area contributed by atoms with E-state index in [4.69, 9.17) is 9.47 Å². The van der Waals surface area contributed by atoms with Gasteiger partial charge in [0.1, 0.15) is 17.6 Å². The van der Waals surface area contributed by atoms with Crippen LogP contribution in [-0.4, -0.2) is 38.1 Å². The number of nitrogens with one attached hydrogen (secondary N) is 1. The van der Waals surface area contributed by atoms with Crippen molar-refractivity contribution in [3.63, 3.8) is 0 Å². The Hall–Kier alpha value is -2.83. The molecule has 2 aromatic rings. The summed E-state index contributed by atoms with van der Waals surface area (Å²) in [6, 6.07) is 15.0. The van der Waals surface area contributed by atoms with E-state index in [0.717, 1.165) is 54.8 Å². The maximum Gasteiger partial charge on any atom is 0.315 e. The van der Waals surface area contributed by atoms with Crippen molar-refractivity contribution in [1.29, 1.82) is 0 Å². The van der Waals surface area contributed by atoms with Gasteiger partial charge in [0.25, 0.3) is 5.91 Å². The van der Waals surface area contributed by atoms with E-state index in [-0.39, 0.29) is 6.10 Å². The second kappa shape index (κ2) is 9.54. The van der Waals surface area contributed by atoms with Gasteiger partial charge in [-0.15, -0.1) is 0 Å². The van der Waals surface area contributed by atoms with Crippen LogP contribution < -0.4 is 19.7 Å². The summed E-state index contributed by atoms with van der Waals surface area (Å²) in [6.45, 7) is 4.20. The van der Waals surface area contributed by atoms with Gasteiger partial charge in [0.15, 0.2) is 0 Å². The summed E-state index contributed by atoms with van der Waals surface area (Å²) in [5, 5.41) is 2.29. The minimum atomic E-state index is -3.01. The Labute approximate surface area is 181 Å². The molecule has 0 aromatic heterocycles. The van der Waals surface area contributed by atoms with Crippen LogP contribution in [0.5, 0.6) is 11.5 Å². The normalized spacial score (nSPS) is 19.4. The van der Waals surface area contributed by atoms with Crippen molar-refractivity contribution < 1.29 is 23.0 Å². The molecule has 0 unspecified atom stereocenters. The molecule has 1 aliphatic heterocycles. The number of hydrogen-bond acceptors (Lipinski definition) is 4. The van der Waals surface area contributed by atoms with Crippen LogP contribution >= 0.6 is 0 Å². The first-order valence-electron chi connectivity index (χ1n) is 10.8. The van der Waals surface area contributed by atoms with Crippen molar-refractivity contribution in [2.45, 2.75) is 44.8 Å². The molecule has 2 fully saturated rings. The third kappa shape index (κ3) is 5.87. The number of nitrogens with zero attached hydrogens (tertiary/aromatic N) is 1. The fourth-order valence-electron chi connectivity index (χ4n) is 3.70. The van der Waals surface area contributed by atoms with E-state index >= 15 is 0 Å². The average Bonchev–Trinajstić information content (AvgIpc) is 3.49. The van der Waals surface area contributed by atoms with Crippen LogP contribution in [0.15, 0.2) is 48.5 Å². The Morgan fingerprint density at radius 1 is 1.06 bits per heavy atom.